The largest absolute Gasteiger partial charge is 0.480 e. The molecule has 0 bridgehead atoms. The van der Waals surface area contributed by atoms with Crippen LogP contribution in [0.4, 0.5) is 0 Å². The van der Waals surface area contributed by atoms with E-state index in [-0.39, 0.29) is 6.04 Å². The molecule has 0 saturated carbocycles. The quantitative estimate of drug-likeness (QED) is 0.527. The molecule has 0 aliphatic heterocycles. The highest BCUT2D eigenvalue weighted by atomic mass is 16.4. The van der Waals surface area contributed by atoms with E-state index in [1.165, 1.54) is 0 Å². The first-order valence-corrected chi connectivity index (χ1v) is 6.15. The maximum Gasteiger partial charge on any atom is 0.320 e. The third kappa shape index (κ3) is 8.68. The maximum absolute atomic E-state index is 10.9. The number of carboxylic acids is 1. The molecule has 0 radical (unpaired) electrons. The molecule has 0 saturated heterocycles. The summed E-state index contributed by atoms with van der Waals surface area (Å²) < 4.78 is 0. The van der Waals surface area contributed by atoms with Gasteiger partial charge >= 0.3 is 5.97 Å². The zero-order valence-electron chi connectivity index (χ0n) is 10.9. The van der Waals surface area contributed by atoms with Crippen molar-refractivity contribution in [1.29, 1.82) is 0 Å². The molecular formula is C12H26N2O2. The molecule has 0 spiro atoms. The van der Waals surface area contributed by atoms with E-state index in [4.69, 9.17) is 5.11 Å². The van der Waals surface area contributed by atoms with Gasteiger partial charge in [-0.25, -0.2) is 0 Å². The van der Waals surface area contributed by atoms with Crippen molar-refractivity contribution in [3.05, 3.63) is 0 Å². The Kier molecular flexibility index (Phi) is 8.21. The van der Waals surface area contributed by atoms with Gasteiger partial charge in [0.05, 0.1) is 0 Å². The van der Waals surface area contributed by atoms with Crippen LogP contribution in [0.3, 0.4) is 0 Å². The molecule has 0 aliphatic rings. The van der Waals surface area contributed by atoms with Crippen molar-refractivity contribution in [3.63, 3.8) is 0 Å². The summed E-state index contributed by atoms with van der Waals surface area (Å²) in [5, 5.41) is 15.4. The molecule has 0 heterocycles. The van der Waals surface area contributed by atoms with E-state index >= 15 is 0 Å². The van der Waals surface area contributed by atoms with E-state index in [2.05, 4.69) is 24.5 Å². The van der Waals surface area contributed by atoms with Crippen LogP contribution in [0.2, 0.25) is 0 Å². The number of aliphatic carboxylic acids is 1. The molecule has 0 rings (SSSR count). The van der Waals surface area contributed by atoms with E-state index < -0.39 is 12.0 Å². The van der Waals surface area contributed by atoms with Crippen LogP contribution in [0, 0.1) is 0 Å². The van der Waals surface area contributed by atoms with Gasteiger partial charge in [-0.2, -0.15) is 0 Å². The van der Waals surface area contributed by atoms with Gasteiger partial charge in [-0.05, 0) is 19.4 Å². The first-order valence-electron chi connectivity index (χ1n) is 6.15. The second-order valence-electron chi connectivity index (χ2n) is 4.82. The van der Waals surface area contributed by atoms with Crippen LogP contribution in [0.5, 0.6) is 0 Å². The second kappa shape index (κ2) is 8.53. The second-order valence-corrected chi connectivity index (χ2v) is 4.82. The standard InChI is InChI=1S/C12H26N2O2/c1-9(2)13-8-6-5-7-11(12(15)16)14-10(3)4/h9-11,13-14H,5-8H2,1-4H3,(H,15,16)/t11-/m0/s1. The molecule has 1 atom stereocenters. The zero-order valence-corrected chi connectivity index (χ0v) is 10.9. The van der Waals surface area contributed by atoms with Gasteiger partial charge in [0.2, 0.25) is 0 Å². The van der Waals surface area contributed by atoms with E-state index in [9.17, 15) is 4.79 Å². The third-order valence-electron chi connectivity index (χ3n) is 2.30. The predicted octanol–water partition coefficient (Wildman–Crippen LogP) is 1.61. The average molecular weight is 230 g/mol. The van der Waals surface area contributed by atoms with Gasteiger partial charge in [0.15, 0.2) is 0 Å². The van der Waals surface area contributed by atoms with E-state index in [0.29, 0.717) is 12.5 Å². The lowest BCUT2D eigenvalue weighted by Gasteiger charge is -2.17. The van der Waals surface area contributed by atoms with Crippen molar-refractivity contribution in [2.45, 2.75) is 65.1 Å². The van der Waals surface area contributed by atoms with Gasteiger partial charge < -0.3 is 15.7 Å². The minimum atomic E-state index is -0.745. The molecule has 0 aromatic rings. The molecule has 0 amide bonds. The van der Waals surface area contributed by atoms with E-state index in [1.54, 1.807) is 0 Å². The lowest BCUT2D eigenvalue weighted by molar-refractivity contribution is -0.139. The van der Waals surface area contributed by atoms with Crippen molar-refractivity contribution in [2.75, 3.05) is 6.54 Å². The molecule has 4 nitrogen and oxygen atoms in total. The van der Waals surface area contributed by atoms with Crippen LogP contribution in [0.25, 0.3) is 0 Å². The Balaban J connectivity index is 3.64. The zero-order chi connectivity index (χ0) is 12.6. The molecule has 0 fully saturated rings. The summed E-state index contributed by atoms with van der Waals surface area (Å²) in [5.74, 6) is -0.745. The Labute approximate surface area is 98.8 Å². The molecular weight excluding hydrogens is 204 g/mol. The fourth-order valence-electron chi connectivity index (χ4n) is 1.54. The number of carboxylic acid groups (broad SMARTS) is 1. The van der Waals surface area contributed by atoms with Crippen LogP contribution < -0.4 is 10.6 Å². The van der Waals surface area contributed by atoms with Crippen molar-refractivity contribution < 1.29 is 9.90 Å². The Morgan fingerprint density at radius 3 is 2.19 bits per heavy atom. The molecule has 96 valence electrons. The topological polar surface area (TPSA) is 61.4 Å². The van der Waals surface area contributed by atoms with Crippen LogP contribution in [-0.4, -0.2) is 35.7 Å². The molecule has 0 unspecified atom stereocenters. The molecule has 16 heavy (non-hydrogen) atoms. The lowest BCUT2D eigenvalue weighted by atomic mass is 10.1. The Hall–Kier alpha value is -0.610. The lowest BCUT2D eigenvalue weighted by Crippen LogP contribution is -2.40. The number of hydrogen-bond donors (Lipinski definition) is 3. The summed E-state index contributed by atoms with van der Waals surface area (Å²) in [6.07, 6.45) is 2.67. The highest BCUT2D eigenvalue weighted by molar-refractivity contribution is 5.73. The van der Waals surface area contributed by atoms with Gasteiger partial charge in [0.25, 0.3) is 0 Å². The predicted molar refractivity (Wildman–Crippen MR) is 66.7 cm³/mol. The highest BCUT2D eigenvalue weighted by Gasteiger charge is 2.16. The molecule has 3 N–H and O–H groups in total. The van der Waals surface area contributed by atoms with Gasteiger partial charge in [0.1, 0.15) is 6.04 Å². The van der Waals surface area contributed by atoms with Crippen LogP contribution in [0.15, 0.2) is 0 Å². The van der Waals surface area contributed by atoms with Crippen molar-refractivity contribution in [2.24, 2.45) is 0 Å². The average Bonchev–Trinajstić information content (AvgIpc) is 2.14. The van der Waals surface area contributed by atoms with Crippen molar-refractivity contribution >= 4 is 5.97 Å². The number of carbonyl (C=O) groups is 1. The van der Waals surface area contributed by atoms with Crippen molar-refractivity contribution in [3.8, 4) is 0 Å². The van der Waals surface area contributed by atoms with Crippen molar-refractivity contribution in [1.82, 2.24) is 10.6 Å². The van der Waals surface area contributed by atoms with Crippen LogP contribution in [-0.2, 0) is 4.79 Å². The molecule has 0 aromatic carbocycles. The number of nitrogens with one attached hydrogen (secondary N) is 2. The van der Waals surface area contributed by atoms with E-state index in [1.807, 2.05) is 13.8 Å². The number of hydrogen-bond acceptors (Lipinski definition) is 3. The first kappa shape index (κ1) is 15.4. The van der Waals surface area contributed by atoms with Gasteiger partial charge in [-0.15, -0.1) is 0 Å². The summed E-state index contributed by atoms with van der Waals surface area (Å²) in [7, 11) is 0. The number of unbranched alkanes of at least 4 members (excludes halogenated alkanes) is 1. The Bertz CT molecular complexity index is 193. The van der Waals surface area contributed by atoms with Gasteiger partial charge in [-0.1, -0.05) is 34.1 Å². The summed E-state index contributed by atoms with van der Waals surface area (Å²) in [6.45, 7) is 9.12. The number of rotatable bonds is 9. The monoisotopic (exact) mass is 230 g/mol. The fraction of sp³-hybridized carbons (Fsp3) is 0.917. The summed E-state index contributed by atoms with van der Waals surface area (Å²) in [6, 6.07) is 0.318. The third-order valence-corrected chi connectivity index (χ3v) is 2.30. The normalized spacial score (nSPS) is 13.4. The first-order chi connectivity index (χ1) is 7.43. The molecule has 0 aromatic heterocycles. The van der Waals surface area contributed by atoms with Crippen LogP contribution in [0.1, 0.15) is 47.0 Å². The van der Waals surface area contributed by atoms with E-state index in [0.717, 1.165) is 19.4 Å². The van der Waals surface area contributed by atoms with Crippen LogP contribution >= 0.6 is 0 Å². The summed E-state index contributed by atoms with van der Waals surface area (Å²) >= 11 is 0. The Morgan fingerprint density at radius 1 is 1.12 bits per heavy atom. The summed E-state index contributed by atoms with van der Waals surface area (Å²) in [4.78, 5) is 10.9. The smallest absolute Gasteiger partial charge is 0.320 e. The highest BCUT2D eigenvalue weighted by Crippen LogP contribution is 2.02. The SMILES string of the molecule is CC(C)NCCCC[C@H](NC(C)C)C(=O)O. The molecule has 0 aliphatic carbocycles. The molecule has 4 heteroatoms. The summed E-state index contributed by atoms with van der Waals surface area (Å²) in [5.41, 5.74) is 0. The Morgan fingerprint density at radius 2 is 1.75 bits per heavy atom. The minimum absolute atomic E-state index is 0.217. The van der Waals surface area contributed by atoms with Gasteiger partial charge in [0, 0.05) is 12.1 Å². The van der Waals surface area contributed by atoms with Gasteiger partial charge in [-0.3, -0.25) is 4.79 Å². The minimum Gasteiger partial charge on any atom is -0.480 e. The maximum atomic E-state index is 10.9. The fourth-order valence-corrected chi connectivity index (χ4v) is 1.54.